The summed E-state index contributed by atoms with van der Waals surface area (Å²) in [5.74, 6) is 0. The molecule has 2 bridgehead atoms. The molecule has 2 nitrogen and oxygen atoms in total. The van der Waals surface area contributed by atoms with Gasteiger partial charge in [-0.1, -0.05) is 66.4 Å². The topological polar surface area (TPSA) is 6.48 Å². The summed E-state index contributed by atoms with van der Waals surface area (Å²) in [5, 5.41) is 0. The van der Waals surface area contributed by atoms with E-state index in [0.717, 1.165) is 6.54 Å². The predicted octanol–water partition coefficient (Wildman–Crippen LogP) is 7.14. The van der Waals surface area contributed by atoms with E-state index in [2.05, 4.69) is 95.3 Å². The van der Waals surface area contributed by atoms with Gasteiger partial charge in [0.25, 0.3) is 0 Å². The molecule has 0 spiro atoms. The first-order valence-electron chi connectivity index (χ1n) is 11.4. The van der Waals surface area contributed by atoms with Crippen LogP contribution in [-0.4, -0.2) is 29.6 Å². The molecule has 0 saturated carbocycles. The lowest BCUT2D eigenvalue weighted by atomic mass is 9.94. The summed E-state index contributed by atoms with van der Waals surface area (Å²) < 4.78 is 0. The van der Waals surface area contributed by atoms with E-state index in [-0.39, 0.29) is 0 Å². The number of para-hydroxylation sites is 1. The summed E-state index contributed by atoms with van der Waals surface area (Å²) in [7, 11) is 0. The molecule has 6 rings (SSSR count). The number of anilines is 2. The van der Waals surface area contributed by atoms with Crippen LogP contribution in [0.1, 0.15) is 25.7 Å². The zero-order valence-corrected chi connectivity index (χ0v) is 18.6. The highest BCUT2D eigenvalue weighted by atomic mass is 32.2. The van der Waals surface area contributed by atoms with Crippen LogP contribution in [0.25, 0.3) is 11.1 Å². The van der Waals surface area contributed by atoms with Gasteiger partial charge in [0.05, 0.1) is 11.4 Å². The van der Waals surface area contributed by atoms with Crippen LogP contribution in [0.3, 0.4) is 0 Å². The van der Waals surface area contributed by atoms with E-state index in [9.17, 15) is 0 Å². The molecule has 2 fully saturated rings. The minimum atomic E-state index is 0.557. The average Bonchev–Trinajstić information content (AvgIpc) is 3.04. The largest absolute Gasteiger partial charge is 0.336 e. The lowest BCUT2D eigenvalue weighted by Crippen LogP contribution is -2.49. The number of hydrogen-bond donors (Lipinski definition) is 0. The van der Waals surface area contributed by atoms with E-state index < -0.39 is 0 Å². The lowest BCUT2D eigenvalue weighted by Gasteiger charge is -2.46. The second-order valence-corrected chi connectivity index (χ2v) is 10.1. The van der Waals surface area contributed by atoms with Crippen LogP contribution in [-0.2, 0) is 0 Å². The summed E-state index contributed by atoms with van der Waals surface area (Å²) in [4.78, 5) is 8.13. The van der Waals surface area contributed by atoms with Crippen molar-refractivity contribution in [1.29, 1.82) is 0 Å². The molecule has 0 radical (unpaired) electrons. The average molecular weight is 425 g/mol. The summed E-state index contributed by atoms with van der Waals surface area (Å²) in [6, 6.07) is 28.7. The van der Waals surface area contributed by atoms with Crippen molar-refractivity contribution in [2.75, 3.05) is 11.4 Å². The monoisotopic (exact) mass is 424 g/mol. The van der Waals surface area contributed by atoms with Crippen molar-refractivity contribution in [3.05, 3.63) is 85.5 Å². The van der Waals surface area contributed by atoms with Gasteiger partial charge in [0.15, 0.2) is 0 Å². The fourth-order valence-electron chi connectivity index (χ4n) is 5.89. The molecule has 0 N–H and O–H groups in total. The molecule has 3 heterocycles. The minimum absolute atomic E-state index is 0.557. The molecular formula is C28H28N2S. The minimum Gasteiger partial charge on any atom is -0.336 e. The Balaban J connectivity index is 1.40. The lowest BCUT2D eigenvalue weighted by molar-refractivity contribution is 0.143. The molecule has 0 amide bonds. The summed E-state index contributed by atoms with van der Waals surface area (Å²) in [5.41, 5.74) is 5.35. The predicted molar refractivity (Wildman–Crippen MR) is 131 cm³/mol. The third-order valence-electron chi connectivity index (χ3n) is 7.24. The van der Waals surface area contributed by atoms with Gasteiger partial charge in [0, 0.05) is 34.5 Å². The summed E-state index contributed by atoms with van der Waals surface area (Å²) in [6.07, 6.45) is 7.23. The number of benzene rings is 3. The number of rotatable bonds is 4. The Morgan fingerprint density at radius 3 is 2.26 bits per heavy atom. The smallest absolute Gasteiger partial charge is 0.0555 e. The molecule has 31 heavy (non-hydrogen) atoms. The Morgan fingerprint density at radius 2 is 1.48 bits per heavy atom. The van der Waals surface area contributed by atoms with Crippen LogP contribution in [0.5, 0.6) is 0 Å². The van der Waals surface area contributed by atoms with Gasteiger partial charge in [0.2, 0.25) is 0 Å². The van der Waals surface area contributed by atoms with Crippen molar-refractivity contribution in [1.82, 2.24) is 4.90 Å². The fourth-order valence-corrected chi connectivity index (χ4v) is 7.00. The molecule has 156 valence electrons. The standard InChI is InChI=1S/C28H28N2S/c1-2-16-29-22-13-14-23(29)19-24(18-22)30-25-10-6-7-11-27(25)31-28-17-21(12-15-26(28)30)20-8-4-3-5-9-20/h2-12,15,17,22-24H,1,13-14,16,18-19H2. The van der Waals surface area contributed by atoms with E-state index in [4.69, 9.17) is 0 Å². The molecular weight excluding hydrogens is 396 g/mol. The highest BCUT2D eigenvalue weighted by molar-refractivity contribution is 7.99. The molecule has 0 aromatic heterocycles. The van der Waals surface area contributed by atoms with Crippen LogP contribution >= 0.6 is 11.8 Å². The molecule has 3 aromatic rings. The molecule has 3 heteroatoms. The normalized spacial score (nSPS) is 24.5. The van der Waals surface area contributed by atoms with E-state index >= 15 is 0 Å². The van der Waals surface area contributed by atoms with Crippen LogP contribution in [0, 0.1) is 0 Å². The first-order chi connectivity index (χ1) is 15.3. The van der Waals surface area contributed by atoms with Crippen LogP contribution in [0.15, 0.2) is 95.2 Å². The molecule has 2 saturated heterocycles. The van der Waals surface area contributed by atoms with Gasteiger partial charge in [-0.25, -0.2) is 0 Å². The van der Waals surface area contributed by atoms with Crippen LogP contribution in [0.4, 0.5) is 11.4 Å². The Kier molecular flexibility index (Phi) is 4.89. The zero-order valence-electron chi connectivity index (χ0n) is 17.8. The van der Waals surface area contributed by atoms with Crippen molar-refractivity contribution in [2.24, 2.45) is 0 Å². The van der Waals surface area contributed by atoms with Gasteiger partial charge in [-0.15, -0.1) is 6.58 Å². The number of fused-ring (bicyclic) bond motifs is 4. The molecule has 3 aromatic carbocycles. The first kappa shape index (κ1) is 19.2. The third kappa shape index (κ3) is 3.31. The highest BCUT2D eigenvalue weighted by Crippen LogP contribution is 2.52. The SMILES string of the molecule is C=CCN1C2CCC1CC(N1c3ccccc3Sc3cc(-c4ccccc4)ccc31)C2. The zero-order chi connectivity index (χ0) is 20.8. The van der Waals surface area contributed by atoms with Crippen molar-refractivity contribution < 1.29 is 0 Å². The first-order valence-corrected chi connectivity index (χ1v) is 12.3. The van der Waals surface area contributed by atoms with Crippen molar-refractivity contribution >= 4 is 23.1 Å². The van der Waals surface area contributed by atoms with E-state index in [1.165, 1.54) is 58.0 Å². The van der Waals surface area contributed by atoms with E-state index in [0.29, 0.717) is 18.1 Å². The van der Waals surface area contributed by atoms with Crippen molar-refractivity contribution in [3.63, 3.8) is 0 Å². The molecule has 2 unspecified atom stereocenters. The van der Waals surface area contributed by atoms with Crippen LogP contribution < -0.4 is 4.90 Å². The quantitative estimate of drug-likeness (QED) is 0.411. The van der Waals surface area contributed by atoms with E-state index in [1.54, 1.807) is 0 Å². The van der Waals surface area contributed by atoms with E-state index in [1.807, 2.05) is 11.8 Å². The maximum atomic E-state index is 4.00. The van der Waals surface area contributed by atoms with Gasteiger partial charge < -0.3 is 4.90 Å². The Labute approximate surface area is 189 Å². The third-order valence-corrected chi connectivity index (χ3v) is 8.35. The molecule has 2 atom stereocenters. The van der Waals surface area contributed by atoms with Gasteiger partial charge in [-0.3, -0.25) is 4.90 Å². The second-order valence-electron chi connectivity index (χ2n) is 8.98. The molecule has 3 aliphatic heterocycles. The summed E-state index contributed by atoms with van der Waals surface area (Å²) >= 11 is 1.92. The maximum absolute atomic E-state index is 4.00. The maximum Gasteiger partial charge on any atom is 0.0555 e. The fraction of sp³-hybridized carbons (Fsp3) is 0.286. The van der Waals surface area contributed by atoms with Crippen molar-refractivity contribution in [3.8, 4) is 11.1 Å². The number of nitrogens with zero attached hydrogens (tertiary/aromatic N) is 2. The van der Waals surface area contributed by atoms with Crippen molar-refractivity contribution in [2.45, 2.75) is 53.6 Å². The Bertz CT molecular complexity index is 1100. The Morgan fingerprint density at radius 1 is 0.774 bits per heavy atom. The highest BCUT2D eigenvalue weighted by Gasteiger charge is 2.43. The second kappa shape index (κ2) is 7.89. The van der Waals surface area contributed by atoms with Gasteiger partial charge >= 0.3 is 0 Å². The van der Waals surface area contributed by atoms with Crippen LogP contribution in [0.2, 0.25) is 0 Å². The van der Waals surface area contributed by atoms with Gasteiger partial charge in [0.1, 0.15) is 0 Å². The summed E-state index contributed by atoms with van der Waals surface area (Å²) in [6.45, 7) is 5.03. The molecule has 0 aliphatic carbocycles. The number of hydrogen-bond acceptors (Lipinski definition) is 3. The number of piperidine rings is 1. The molecule has 3 aliphatic rings. The van der Waals surface area contributed by atoms with Gasteiger partial charge in [-0.05, 0) is 61.1 Å². The Hall–Kier alpha value is -2.49. The van der Waals surface area contributed by atoms with Gasteiger partial charge in [-0.2, -0.15) is 0 Å².